The molecule has 2 aliphatic rings. The van der Waals surface area contributed by atoms with E-state index < -0.39 is 11.7 Å². The smallest absolute Gasteiger partial charge is 0.320 e. The number of unbranched alkanes of at least 4 members (excludes halogenated alkanes) is 1. The molecule has 0 radical (unpaired) electrons. The normalized spacial score (nSPS) is 23.5. The van der Waals surface area contributed by atoms with Gasteiger partial charge in [-0.3, -0.25) is 0 Å². The van der Waals surface area contributed by atoms with Gasteiger partial charge in [-0.2, -0.15) is 0 Å². The second-order valence-electron chi connectivity index (χ2n) is 10.8. The molecule has 3 N–H and O–H groups in total. The number of likely N-dealkylation sites (N-methyl/N-ethyl adjacent to an activating group) is 1. The number of nitrogens with one attached hydrogen (secondary N) is 1. The molecule has 0 aromatic heterocycles. The zero-order valence-electron chi connectivity index (χ0n) is 22.8. The Morgan fingerprint density at radius 1 is 1.16 bits per heavy atom. The van der Waals surface area contributed by atoms with Crippen molar-refractivity contribution >= 4 is 6.03 Å². The Morgan fingerprint density at radius 3 is 2.66 bits per heavy atom. The van der Waals surface area contributed by atoms with Crippen LogP contribution in [0.4, 0.5) is 9.18 Å². The van der Waals surface area contributed by atoms with Gasteiger partial charge >= 0.3 is 6.03 Å². The van der Waals surface area contributed by atoms with Crippen LogP contribution in [0.25, 0.3) is 11.1 Å². The molecule has 7 nitrogen and oxygen atoms in total. The minimum atomic E-state index is -1.33. The number of aliphatic hydroxyl groups is 2. The first kappa shape index (κ1) is 28.5. The lowest BCUT2D eigenvalue weighted by Gasteiger charge is -2.44. The number of β-amino-alcohol motifs (C(OH)–C–C–N with tert-alkyl or cyclic N) is 1. The average Bonchev–Trinajstić information content (AvgIpc) is 3.31. The zero-order valence-corrected chi connectivity index (χ0v) is 22.8. The number of hydrogen-bond donors (Lipinski definition) is 3. The number of urea groups is 1. The molecule has 2 aromatic carbocycles. The molecule has 4 atom stereocenters. The Kier molecular flexibility index (Phi) is 9.41. The predicted molar refractivity (Wildman–Crippen MR) is 146 cm³/mol. The molecule has 0 saturated carbocycles. The maximum absolute atomic E-state index is 15.5. The van der Waals surface area contributed by atoms with Crippen LogP contribution in [0.15, 0.2) is 42.5 Å². The number of aryl methyl sites for hydroxylation is 1. The summed E-state index contributed by atoms with van der Waals surface area (Å²) in [5.74, 6) is -0.628. The molecule has 1 unspecified atom stereocenters. The topological polar surface area (TPSA) is 85.3 Å². The first-order valence-corrected chi connectivity index (χ1v) is 13.7. The largest absolute Gasteiger partial charge is 0.390 e. The minimum Gasteiger partial charge on any atom is -0.390 e. The van der Waals surface area contributed by atoms with Crippen molar-refractivity contribution in [2.75, 3.05) is 46.9 Å². The van der Waals surface area contributed by atoms with E-state index in [9.17, 15) is 15.0 Å². The molecule has 2 aliphatic heterocycles. The number of piperidine rings is 1. The second-order valence-corrected chi connectivity index (χ2v) is 10.8. The van der Waals surface area contributed by atoms with E-state index in [-0.39, 0.29) is 30.4 Å². The van der Waals surface area contributed by atoms with Crippen molar-refractivity contribution in [1.29, 1.82) is 0 Å². The monoisotopic (exact) mass is 527 g/mol. The summed E-state index contributed by atoms with van der Waals surface area (Å²) in [5.41, 5.74) is 1.43. The van der Waals surface area contributed by atoms with Crippen LogP contribution in [-0.4, -0.2) is 85.1 Å². The lowest BCUT2D eigenvalue weighted by atomic mass is 9.72. The number of rotatable bonds is 9. The molecule has 2 fully saturated rings. The standard InChI is InChI=1S/C30H42FN3O4/c1-21-9-6-10-22(17-21)28-24(12-7-13-25(28)31)30(37,14-4-5-16-38-3)23-11-8-15-33(18-23)29(36)34-19-26(32-2)27(35)20-34/h6-7,9-10,12-13,17,23,26-27,32,35,37H,4-5,8,11,14-16,18-20H2,1-3H3/t23?,26-,27+,30+/m1/s1. The molecule has 0 aliphatic carbocycles. The number of hydrogen-bond acceptors (Lipinski definition) is 5. The number of carbonyl (C=O) groups is 1. The summed E-state index contributed by atoms with van der Waals surface area (Å²) in [6.07, 6.45) is 2.80. The summed E-state index contributed by atoms with van der Waals surface area (Å²) in [6.45, 7) is 4.26. The third-order valence-corrected chi connectivity index (χ3v) is 8.24. The molecule has 2 amide bonds. The van der Waals surface area contributed by atoms with E-state index in [1.807, 2.05) is 37.3 Å². The van der Waals surface area contributed by atoms with Crippen molar-refractivity contribution in [2.24, 2.45) is 5.92 Å². The third-order valence-electron chi connectivity index (χ3n) is 8.24. The lowest BCUT2D eigenvalue weighted by molar-refractivity contribution is -0.0573. The molecule has 208 valence electrons. The molecule has 0 spiro atoms. The van der Waals surface area contributed by atoms with Crippen LogP contribution in [0.5, 0.6) is 0 Å². The Morgan fingerprint density at radius 2 is 1.95 bits per heavy atom. The summed E-state index contributed by atoms with van der Waals surface area (Å²) in [4.78, 5) is 16.9. The van der Waals surface area contributed by atoms with Crippen LogP contribution in [-0.2, 0) is 10.3 Å². The van der Waals surface area contributed by atoms with Crippen LogP contribution < -0.4 is 5.32 Å². The van der Waals surface area contributed by atoms with Gasteiger partial charge < -0.3 is 30.1 Å². The maximum atomic E-state index is 15.5. The SMILES string of the molecule is CN[C@@H]1CN(C(=O)N2CCCC([C@@](O)(CCCCOC)c3cccc(F)c3-c3cccc(C)c3)C2)C[C@@H]1O. The van der Waals surface area contributed by atoms with E-state index in [1.54, 1.807) is 30.0 Å². The fourth-order valence-electron chi connectivity index (χ4n) is 6.15. The van der Waals surface area contributed by atoms with Gasteiger partial charge in [-0.1, -0.05) is 42.0 Å². The summed E-state index contributed by atoms with van der Waals surface area (Å²) >= 11 is 0. The number of amides is 2. The number of methoxy groups -OCH3 is 1. The van der Waals surface area contributed by atoms with Crippen molar-refractivity contribution in [2.45, 2.75) is 56.8 Å². The van der Waals surface area contributed by atoms with Crippen molar-refractivity contribution < 1.29 is 24.1 Å². The Hall–Kier alpha value is -2.52. The van der Waals surface area contributed by atoms with Crippen LogP contribution >= 0.6 is 0 Å². The lowest BCUT2D eigenvalue weighted by Crippen LogP contribution is -2.52. The van der Waals surface area contributed by atoms with E-state index in [4.69, 9.17) is 4.74 Å². The van der Waals surface area contributed by atoms with Gasteiger partial charge in [-0.15, -0.1) is 0 Å². The number of halogens is 1. The van der Waals surface area contributed by atoms with Gasteiger partial charge in [0.05, 0.1) is 17.7 Å². The Labute approximate surface area is 225 Å². The molecular weight excluding hydrogens is 485 g/mol. The number of carbonyl (C=O) groups excluding carboxylic acids is 1. The van der Waals surface area contributed by atoms with Crippen LogP contribution in [0, 0.1) is 18.7 Å². The van der Waals surface area contributed by atoms with Gasteiger partial charge in [0.25, 0.3) is 0 Å². The number of likely N-dealkylation sites (tertiary alicyclic amines) is 2. The molecule has 8 heteroatoms. The van der Waals surface area contributed by atoms with E-state index in [1.165, 1.54) is 6.07 Å². The molecule has 38 heavy (non-hydrogen) atoms. The summed E-state index contributed by atoms with van der Waals surface area (Å²) in [7, 11) is 3.44. The zero-order chi connectivity index (χ0) is 27.3. The van der Waals surface area contributed by atoms with E-state index >= 15 is 4.39 Å². The van der Waals surface area contributed by atoms with E-state index in [0.29, 0.717) is 50.2 Å². The first-order valence-electron chi connectivity index (χ1n) is 13.7. The van der Waals surface area contributed by atoms with E-state index in [0.717, 1.165) is 30.4 Å². The first-order chi connectivity index (χ1) is 18.3. The highest BCUT2D eigenvalue weighted by Gasteiger charge is 2.44. The van der Waals surface area contributed by atoms with Crippen LogP contribution in [0.1, 0.15) is 43.2 Å². The van der Waals surface area contributed by atoms with E-state index in [2.05, 4.69) is 5.32 Å². The molecule has 2 saturated heterocycles. The quantitative estimate of drug-likeness (QED) is 0.431. The van der Waals surface area contributed by atoms with Crippen LogP contribution in [0.2, 0.25) is 0 Å². The van der Waals surface area contributed by atoms with Gasteiger partial charge in [0.2, 0.25) is 0 Å². The molecule has 4 rings (SSSR count). The number of aliphatic hydroxyl groups excluding tert-OH is 1. The highest BCUT2D eigenvalue weighted by molar-refractivity contribution is 5.75. The molecule has 2 heterocycles. The fraction of sp³-hybridized carbons (Fsp3) is 0.567. The van der Waals surface area contributed by atoms with Crippen LogP contribution in [0.3, 0.4) is 0 Å². The minimum absolute atomic E-state index is 0.119. The summed E-state index contributed by atoms with van der Waals surface area (Å²) in [5, 5.41) is 25.9. The fourth-order valence-corrected chi connectivity index (χ4v) is 6.15. The molecule has 0 bridgehead atoms. The second kappa shape index (κ2) is 12.6. The number of ether oxygens (including phenoxy) is 1. The van der Waals surface area contributed by atoms with Gasteiger partial charge in [0.1, 0.15) is 5.82 Å². The highest BCUT2D eigenvalue weighted by atomic mass is 19.1. The maximum Gasteiger partial charge on any atom is 0.320 e. The third kappa shape index (κ3) is 6.04. The van der Waals surface area contributed by atoms with Gasteiger partial charge in [0.15, 0.2) is 0 Å². The molecule has 2 aromatic rings. The number of benzene rings is 2. The number of nitrogens with zero attached hydrogens (tertiary/aromatic N) is 2. The predicted octanol–water partition coefficient (Wildman–Crippen LogP) is 3.90. The van der Waals surface area contributed by atoms with Crippen molar-refractivity contribution in [3.63, 3.8) is 0 Å². The summed E-state index contributed by atoms with van der Waals surface area (Å²) < 4.78 is 20.7. The van der Waals surface area contributed by atoms with Crippen molar-refractivity contribution in [1.82, 2.24) is 15.1 Å². The average molecular weight is 528 g/mol. The Bertz CT molecular complexity index is 1100. The van der Waals surface area contributed by atoms with Gasteiger partial charge in [-0.05, 0) is 63.3 Å². The highest BCUT2D eigenvalue weighted by Crippen LogP contribution is 2.44. The van der Waals surface area contributed by atoms with Crippen molar-refractivity contribution in [3.05, 3.63) is 59.4 Å². The molecular formula is C30H42FN3O4. The van der Waals surface area contributed by atoms with Gasteiger partial charge in [-0.25, -0.2) is 9.18 Å². The Balaban J connectivity index is 1.67. The van der Waals surface area contributed by atoms with Crippen molar-refractivity contribution in [3.8, 4) is 11.1 Å². The van der Waals surface area contributed by atoms with Gasteiger partial charge in [0, 0.05) is 51.4 Å². The summed E-state index contributed by atoms with van der Waals surface area (Å²) in [6, 6.07) is 12.4.